The van der Waals surface area contributed by atoms with Crippen molar-refractivity contribution in [3.05, 3.63) is 0 Å². The maximum absolute atomic E-state index is 3.96. The van der Waals surface area contributed by atoms with Crippen LogP contribution in [0.3, 0.4) is 0 Å². The zero-order valence-electron chi connectivity index (χ0n) is 16.5. The third-order valence-electron chi connectivity index (χ3n) is 4.14. The Hall–Kier alpha value is 1.34. The van der Waals surface area contributed by atoms with Gasteiger partial charge in [-0.3, -0.25) is 4.57 Å². The van der Waals surface area contributed by atoms with Crippen molar-refractivity contribution in [3.8, 4) is 0 Å². The molecule has 2 heterocycles. The molecule has 2 saturated heterocycles. The molecule has 2 fully saturated rings. The number of hydrogen-bond acceptors (Lipinski definition) is 10. The SMILES string of the molecule is CN(C)[SiH2]N(C)[SiH2]N1CN[SiH2]N([SiH2]N[SiH2]N2CN[SiH2]N(C)[SiH2]N[SiH2]2)C1. The highest BCUT2D eigenvalue weighted by Crippen LogP contribution is 1.95. The normalized spacial score (nSPS) is 29.0. The summed E-state index contributed by atoms with van der Waals surface area (Å²) < 4.78 is 23.7. The Labute approximate surface area is 172 Å². The van der Waals surface area contributed by atoms with Crippen LogP contribution in [-0.4, -0.2) is 153 Å². The van der Waals surface area contributed by atoms with Gasteiger partial charge in [0.1, 0.15) is 0 Å². The third kappa shape index (κ3) is 9.90. The van der Waals surface area contributed by atoms with Crippen molar-refractivity contribution in [1.82, 2.24) is 45.3 Å². The summed E-state index contributed by atoms with van der Waals surface area (Å²) >= 11 is 0. The van der Waals surface area contributed by atoms with Gasteiger partial charge in [-0.25, -0.2) is 0 Å². The highest BCUT2D eigenvalue weighted by Gasteiger charge is 2.19. The molecule has 0 unspecified atom stereocenters. The van der Waals surface area contributed by atoms with Crippen LogP contribution in [0.15, 0.2) is 0 Å². The Balaban J connectivity index is 1.61. The van der Waals surface area contributed by atoms with Gasteiger partial charge in [-0.05, 0) is 28.2 Å². The van der Waals surface area contributed by atoms with Gasteiger partial charge in [-0.15, -0.1) is 0 Å². The maximum atomic E-state index is 3.96. The van der Waals surface area contributed by atoms with Crippen LogP contribution in [0.25, 0.3) is 0 Å². The molecule has 2 aliphatic rings. The van der Waals surface area contributed by atoms with Gasteiger partial charge in [0.05, 0.1) is 0 Å². The molecule has 2 aliphatic heterocycles. The summed E-state index contributed by atoms with van der Waals surface area (Å²) in [5.74, 6) is 0. The summed E-state index contributed by atoms with van der Waals surface area (Å²) in [4.78, 5) is 7.47. The number of nitrogens with zero attached hydrogens (tertiary/aromatic N) is 6. The molecule has 0 saturated carbocycles. The first kappa shape index (κ1) is 22.6. The number of nitrogens with one attached hydrogen (secondary N) is 4. The van der Waals surface area contributed by atoms with Crippen molar-refractivity contribution in [2.75, 3.05) is 48.2 Å². The highest BCUT2D eigenvalue weighted by atomic mass is 28.4. The lowest BCUT2D eigenvalue weighted by Gasteiger charge is -2.38. The molecule has 0 radical (unpaired) electrons. The lowest BCUT2D eigenvalue weighted by atomic mass is 11.0. The first-order valence-electron chi connectivity index (χ1n) is 9.04. The monoisotopic (exact) mass is 486 g/mol. The van der Waals surface area contributed by atoms with Gasteiger partial charge >= 0.3 is 0 Å². The molecule has 0 bridgehead atoms. The Morgan fingerprint density at radius 1 is 0.960 bits per heavy atom. The van der Waals surface area contributed by atoms with E-state index >= 15 is 0 Å². The molecular formula is C7H38N10Si8. The topological polar surface area (TPSA) is 67.6 Å². The van der Waals surface area contributed by atoms with E-state index in [2.05, 4.69) is 73.5 Å². The Kier molecular flexibility index (Phi) is 11.5. The quantitative estimate of drug-likeness (QED) is 0.249. The third-order valence-corrected chi connectivity index (χ3v) is 19.9. The van der Waals surface area contributed by atoms with E-state index in [9.17, 15) is 0 Å². The van der Waals surface area contributed by atoms with E-state index < -0.39 is 0 Å². The van der Waals surface area contributed by atoms with Crippen LogP contribution in [0, 0.1) is 0 Å². The van der Waals surface area contributed by atoms with Gasteiger partial charge in [0, 0.05) is 20.0 Å². The predicted octanol–water partition coefficient (Wildman–Crippen LogP) is -10.4. The molecule has 0 aromatic carbocycles. The lowest BCUT2D eigenvalue weighted by molar-refractivity contribution is 0.323. The van der Waals surface area contributed by atoms with Crippen molar-refractivity contribution < 1.29 is 0 Å². The molecule has 0 atom stereocenters. The molecule has 0 aliphatic carbocycles. The molecule has 0 amide bonds. The largest absolute Gasteiger partial charge is 0.346 e. The van der Waals surface area contributed by atoms with Gasteiger partial charge in [-0.2, -0.15) is 0 Å². The van der Waals surface area contributed by atoms with Crippen LogP contribution in [0.1, 0.15) is 0 Å². The second-order valence-electron chi connectivity index (χ2n) is 7.49. The fourth-order valence-electron chi connectivity index (χ4n) is 3.21. The summed E-state index contributed by atoms with van der Waals surface area (Å²) in [6, 6.07) is 0. The zero-order valence-corrected chi connectivity index (χ0v) is 27.8. The second kappa shape index (κ2) is 12.7. The van der Waals surface area contributed by atoms with Crippen LogP contribution in [0.2, 0.25) is 0 Å². The maximum Gasteiger partial charge on any atom is 0.168 e. The fourth-order valence-corrected chi connectivity index (χ4v) is 26.3. The first-order chi connectivity index (χ1) is 12.0. The Morgan fingerprint density at radius 3 is 2.52 bits per heavy atom. The summed E-state index contributed by atoms with van der Waals surface area (Å²) in [7, 11) is 7.40. The first-order valence-corrected chi connectivity index (χ1v) is 19.6. The van der Waals surface area contributed by atoms with Gasteiger partial charge < -0.3 is 40.8 Å². The molecule has 0 spiro atoms. The van der Waals surface area contributed by atoms with E-state index in [1.165, 1.54) is 6.67 Å². The Morgan fingerprint density at radius 2 is 1.72 bits per heavy atom. The summed E-state index contributed by atoms with van der Waals surface area (Å²) in [6.07, 6.45) is 0. The van der Waals surface area contributed by atoms with Crippen LogP contribution < -0.4 is 19.3 Å². The molecule has 0 aromatic rings. The molecule has 10 nitrogen and oxygen atoms in total. The van der Waals surface area contributed by atoms with Crippen LogP contribution in [0.4, 0.5) is 0 Å². The molecule has 2 rings (SSSR count). The smallest absolute Gasteiger partial charge is 0.168 e. The minimum Gasteiger partial charge on any atom is -0.346 e. The standard InChI is InChI=1S/C7H38N10Si8/c1-12(2)24-14(4)25-15-5-8-19-17(7-15)23-11-22-16-6-9-18-13(3)20-10-21-16/h8-11H,5-7,18-25H2,1-4H3. The van der Waals surface area contributed by atoms with E-state index in [4.69, 9.17) is 0 Å². The average molecular weight is 487 g/mol. The molecule has 148 valence electrons. The zero-order chi connectivity index (χ0) is 18.1. The van der Waals surface area contributed by atoms with Gasteiger partial charge in [0.25, 0.3) is 0 Å². The molecule has 18 heteroatoms. The lowest BCUT2D eigenvalue weighted by Crippen LogP contribution is -2.63. The summed E-state index contributed by atoms with van der Waals surface area (Å²) in [6.45, 7) is 3.53. The van der Waals surface area contributed by atoms with Gasteiger partial charge in [0.2, 0.25) is 0 Å². The van der Waals surface area contributed by atoms with E-state index in [-0.39, 0.29) is 78.7 Å². The summed E-state index contributed by atoms with van der Waals surface area (Å²) in [5.41, 5.74) is 0. The van der Waals surface area contributed by atoms with Crippen molar-refractivity contribution in [3.63, 3.8) is 0 Å². The second-order valence-corrected chi connectivity index (χ2v) is 28.6. The van der Waals surface area contributed by atoms with E-state index in [1.807, 2.05) is 0 Å². The minimum atomic E-state index is -0.253. The molecular weight excluding hydrogens is 449 g/mol. The Bertz CT molecular complexity index is 360. The number of hydrogen-bond donors (Lipinski definition) is 4. The van der Waals surface area contributed by atoms with Crippen molar-refractivity contribution in [2.45, 2.75) is 0 Å². The van der Waals surface area contributed by atoms with E-state index in [0.717, 1.165) is 13.3 Å². The van der Waals surface area contributed by atoms with Crippen molar-refractivity contribution >= 4 is 78.7 Å². The van der Waals surface area contributed by atoms with E-state index in [0.29, 0.717) is 0 Å². The van der Waals surface area contributed by atoms with Crippen LogP contribution in [0.5, 0.6) is 0 Å². The molecule has 25 heavy (non-hydrogen) atoms. The van der Waals surface area contributed by atoms with Crippen LogP contribution in [-0.2, 0) is 0 Å². The van der Waals surface area contributed by atoms with Crippen molar-refractivity contribution in [1.29, 1.82) is 0 Å². The molecule has 4 N–H and O–H groups in total. The predicted molar refractivity (Wildman–Crippen MR) is 130 cm³/mol. The highest BCUT2D eigenvalue weighted by molar-refractivity contribution is 6.62. The van der Waals surface area contributed by atoms with Crippen molar-refractivity contribution in [2.24, 2.45) is 0 Å². The van der Waals surface area contributed by atoms with Gasteiger partial charge in [0.15, 0.2) is 78.7 Å². The van der Waals surface area contributed by atoms with Gasteiger partial charge in [-0.1, -0.05) is 0 Å². The summed E-state index contributed by atoms with van der Waals surface area (Å²) in [5, 5.41) is 0. The number of rotatable bonds is 8. The minimum absolute atomic E-state index is 0.137. The fraction of sp³-hybridized carbons (Fsp3) is 1.00. The van der Waals surface area contributed by atoms with Crippen LogP contribution >= 0.6 is 0 Å². The van der Waals surface area contributed by atoms with E-state index in [1.54, 1.807) is 0 Å². The average Bonchev–Trinajstić information content (AvgIpc) is 2.51. The molecule has 0 aromatic heterocycles.